The third-order valence-electron chi connectivity index (χ3n) is 2.59. The fourth-order valence-corrected chi connectivity index (χ4v) is 1.60. The summed E-state index contributed by atoms with van der Waals surface area (Å²) in [6, 6.07) is 9.31. The summed E-state index contributed by atoms with van der Waals surface area (Å²) in [7, 11) is 0. The van der Waals surface area contributed by atoms with Crippen molar-refractivity contribution in [3.05, 3.63) is 54.0 Å². The summed E-state index contributed by atoms with van der Waals surface area (Å²) in [6.07, 6.45) is 1.84. The van der Waals surface area contributed by atoms with Gasteiger partial charge >= 0.3 is 0 Å². The predicted molar refractivity (Wildman–Crippen MR) is 74.1 cm³/mol. The van der Waals surface area contributed by atoms with E-state index < -0.39 is 0 Å². The molecule has 1 heterocycles. The van der Waals surface area contributed by atoms with Crippen molar-refractivity contribution in [2.24, 2.45) is 0 Å². The summed E-state index contributed by atoms with van der Waals surface area (Å²) in [5, 5.41) is 2.69. The lowest BCUT2D eigenvalue weighted by atomic mass is 10.3. The highest BCUT2D eigenvalue weighted by Gasteiger charge is 2.04. The first-order valence-electron chi connectivity index (χ1n) is 6.24. The van der Waals surface area contributed by atoms with E-state index in [9.17, 15) is 9.18 Å². The molecule has 0 aliphatic carbocycles. The fraction of sp³-hybridized carbons (Fsp3) is 0.200. The first-order valence-corrected chi connectivity index (χ1v) is 6.24. The number of anilines is 1. The fourth-order valence-electron chi connectivity index (χ4n) is 1.60. The van der Waals surface area contributed by atoms with Crippen molar-refractivity contribution in [1.82, 2.24) is 4.98 Å². The van der Waals surface area contributed by atoms with Crippen LogP contribution in [0.1, 0.15) is 12.0 Å². The number of aryl methyl sites for hydroxylation is 1. The van der Waals surface area contributed by atoms with Crippen LogP contribution in [0.3, 0.4) is 0 Å². The van der Waals surface area contributed by atoms with E-state index in [-0.39, 0.29) is 24.8 Å². The number of nitrogens with zero attached hydrogens (tertiary/aromatic N) is 1. The lowest BCUT2D eigenvalue weighted by molar-refractivity contribution is -0.116. The van der Waals surface area contributed by atoms with Crippen LogP contribution < -0.4 is 10.1 Å². The van der Waals surface area contributed by atoms with Gasteiger partial charge in [-0.05, 0) is 48.9 Å². The van der Waals surface area contributed by atoms with Crippen molar-refractivity contribution in [3.63, 3.8) is 0 Å². The van der Waals surface area contributed by atoms with Crippen LogP contribution in [0.5, 0.6) is 5.75 Å². The monoisotopic (exact) mass is 274 g/mol. The number of amides is 1. The highest BCUT2D eigenvalue weighted by Crippen LogP contribution is 2.11. The van der Waals surface area contributed by atoms with Gasteiger partial charge in [-0.25, -0.2) is 9.37 Å². The normalized spacial score (nSPS) is 10.1. The number of carbonyl (C=O) groups excluding carboxylic acids is 1. The van der Waals surface area contributed by atoms with Crippen LogP contribution in [-0.4, -0.2) is 17.5 Å². The second kappa shape index (κ2) is 6.65. The summed E-state index contributed by atoms with van der Waals surface area (Å²) < 4.78 is 18.0. The van der Waals surface area contributed by atoms with E-state index in [0.29, 0.717) is 11.6 Å². The van der Waals surface area contributed by atoms with Gasteiger partial charge in [-0.3, -0.25) is 4.79 Å². The smallest absolute Gasteiger partial charge is 0.228 e. The summed E-state index contributed by atoms with van der Waals surface area (Å²) >= 11 is 0. The van der Waals surface area contributed by atoms with Gasteiger partial charge in [0.25, 0.3) is 0 Å². The SMILES string of the molecule is Cc1ccnc(NC(=O)CCOc2ccc(F)cc2)c1. The third-order valence-corrected chi connectivity index (χ3v) is 2.59. The molecule has 0 saturated carbocycles. The van der Waals surface area contributed by atoms with Gasteiger partial charge in [0.1, 0.15) is 17.4 Å². The van der Waals surface area contributed by atoms with E-state index in [2.05, 4.69) is 10.3 Å². The Morgan fingerprint density at radius 3 is 2.75 bits per heavy atom. The molecular weight excluding hydrogens is 259 g/mol. The standard InChI is InChI=1S/C15H15FN2O2/c1-11-6-8-17-14(10-11)18-15(19)7-9-20-13-4-2-12(16)3-5-13/h2-6,8,10H,7,9H2,1H3,(H,17,18,19). The van der Waals surface area contributed by atoms with Gasteiger partial charge in [0.2, 0.25) is 5.91 Å². The number of hydrogen-bond acceptors (Lipinski definition) is 3. The summed E-state index contributed by atoms with van der Waals surface area (Å²) in [6.45, 7) is 2.15. The Morgan fingerprint density at radius 1 is 1.30 bits per heavy atom. The molecule has 0 atom stereocenters. The van der Waals surface area contributed by atoms with Crippen LogP contribution >= 0.6 is 0 Å². The zero-order valence-corrected chi connectivity index (χ0v) is 11.1. The molecule has 5 heteroatoms. The molecule has 20 heavy (non-hydrogen) atoms. The lowest BCUT2D eigenvalue weighted by Gasteiger charge is -2.07. The number of benzene rings is 1. The van der Waals surface area contributed by atoms with Gasteiger partial charge < -0.3 is 10.1 Å². The van der Waals surface area contributed by atoms with E-state index in [1.165, 1.54) is 24.3 Å². The van der Waals surface area contributed by atoms with Crippen LogP contribution in [0.4, 0.5) is 10.2 Å². The molecule has 0 saturated heterocycles. The minimum absolute atomic E-state index is 0.176. The Hall–Kier alpha value is -2.43. The maximum absolute atomic E-state index is 12.7. The van der Waals surface area contributed by atoms with Gasteiger partial charge in [-0.1, -0.05) is 0 Å². The van der Waals surface area contributed by atoms with Crippen molar-refractivity contribution >= 4 is 11.7 Å². The molecule has 0 unspecified atom stereocenters. The molecule has 1 amide bonds. The highest BCUT2D eigenvalue weighted by molar-refractivity contribution is 5.89. The molecule has 0 fully saturated rings. The number of aromatic nitrogens is 1. The molecule has 4 nitrogen and oxygen atoms in total. The van der Waals surface area contributed by atoms with Gasteiger partial charge in [-0.15, -0.1) is 0 Å². The van der Waals surface area contributed by atoms with E-state index in [1.54, 1.807) is 12.3 Å². The zero-order chi connectivity index (χ0) is 14.4. The number of nitrogens with one attached hydrogen (secondary N) is 1. The number of pyridine rings is 1. The molecule has 1 aromatic heterocycles. The van der Waals surface area contributed by atoms with Crippen molar-refractivity contribution in [3.8, 4) is 5.75 Å². The van der Waals surface area contributed by atoms with Crippen molar-refractivity contribution in [2.75, 3.05) is 11.9 Å². The first-order chi connectivity index (χ1) is 9.63. The predicted octanol–water partition coefficient (Wildman–Crippen LogP) is 2.94. The molecule has 2 aromatic rings. The minimum atomic E-state index is -0.319. The Kier molecular flexibility index (Phi) is 4.65. The number of halogens is 1. The largest absolute Gasteiger partial charge is 0.493 e. The number of rotatable bonds is 5. The highest BCUT2D eigenvalue weighted by atomic mass is 19.1. The van der Waals surface area contributed by atoms with E-state index in [4.69, 9.17) is 4.74 Å². The number of ether oxygens (including phenoxy) is 1. The molecule has 0 aliphatic heterocycles. The quantitative estimate of drug-likeness (QED) is 0.912. The Bertz CT molecular complexity index is 585. The van der Waals surface area contributed by atoms with E-state index >= 15 is 0 Å². The Morgan fingerprint density at radius 2 is 2.05 bits per heavy atom. The van der Waals surface area contributed by atoms with E-state index in [1.807, 2.05) is 13.0 Å². The molecule has 0 radical (unpaired) electrons. The molecule has 104 valence electrons. The molecule has 0 spiro atoms. The van der Waals surface area contributed by atoms with E-state index in [0.717, 1.165) is 5.56 Å². The van der Waals surface area contributed by atoms with Crippen LogP contribution in [0.25, 0.3) is 0 Å². The van der Waals surface area contributed by atoms with Crippen molar-refractivity contribution in [2.45, 2.75) is 13.3 Å². The van der Waals surface area contributed by atoms with Crippen LogP contribution in [0.2, 0.25) is 0 Å². The maximum atomic E-state index is 12.7. The average molecular weight is 274 g/mol. The average Bonchev–Trinajstić information content (AvgIpc) is 2.41. The van der Waals surface area contributed by atoms with Crippen LogP contribution in [0, 0.1) is 12.7 Å². The third kappa shape index (κ3) is 4.35. The second-order valence-electron chi connectivity index (χ2n) is 4.32. The molecule has 1 N–H and O–H groups in total. The van der Waals surface area contributed by atoms with Crippen molar-refractivity contribution < 1.29 is 13.9 Å². The Labute approximate surface area is 116 Å². The lowest BCUT2D eigenvalue weighted by Crippen LogP contribution is -2.16. The Balaban J connectivity index is 1.76. The van der Waals surface area contributed by atoms with Gasteiger partial charge in [-0.2, -0.15) is 0 Å². The number of hydrogen-bond donors (Lipinski definition) is 1. The summed E-state index contributed by atoms with van der Waals surface area (Å²) in [5.41, 5.74) is 1.03. The molecular formula is C15H15FN2O2. The molecule has 1 aromatic carbocycles. The molecule has 0 bridgehead atoms. The summed E-state index contributed by atoms with van der Waals surface area (Å²) in [4.78, 5) is 15.7. The van der Waals surface area contributed by atoms with Crippen molar-refractivity contribution in [1.29, 1.82) is 0 Å². The first kappa shape index (κ1) is 14.0. The van der Waals surface area contributed by atoms with Crippen LogP contribution in [-0.2, 0) is 4.79 Å². The second-order valence-corrected chi connectivity index (χ2v) is 4.32. The van der Waals surface area contributed by atoms with Gasteiger partial charge in [0.15, 0.2) is 0 Å². The van der Waals surface area contributed by atoms with Crippen LogP contribution in [0.15, 0.2) is 42.6 Å². The summed E-state index contributed by atoms with van der Waals surface area (Å²) in [5.74, 6) is 0.565. The molecule has 2 rings (SSSR count). The maximum Gasteiger partial charge on any atom is 0.228 e. The van der Waals surface area contributed by atoms with Gasteiger partial charge in [0.05, 0.1) is 13.0 Å². The topological polar surface area (TPSA) is 51.2 Å². The number of carbonyl (C=O) groups is 1. The molecule has 0 aliphatic rings. The zero-order valence-electron chi connectivity index (χ0n) is 11.1. The van der Waals surface area contributed by atoms with Gasteiger partial charge in [0, 0.05) is 6.20 Å². The minimum Gasteiger partial charge on any atom is -0.493 e.